The van der Waals surface area contributed by atoms with Crippen molar-refractivity contribution in [3.8, 4) is 0 Å². The van der Waals surface area contributed by atoms with Gasteiger partial charge in [0, 0.05) is 11.4 Å². The van der Waals surface area contributed by atoms with E-state index in [9.17, 15) is 9.59 Å². The van der Waals surface area contributed by atoms with Gasteiger partial charge in [-0.1, -0.05) is 50.9 Å². The molecule has 182 valence electrons. The van der Waals surface area contributed by atoms with Crippen molar-refractivity contribution in [2.24, 2.45) is 28.6 Å². The maximum Gasteiger partial charge on any atom is 0.338 e. The third-order valence-electron chi connectivity index (χ3n) is 8.23. The summed E-state index contributed by atoms with van der Waals surface area (Å²) in [4.78, 5) is 24.6. The van der Waals surface area contributed by atoms with Crippen molar-refractivity contribution in [3.05, 3.63) is 46.5 Å². The van der Waals surface area contributed by atoms with E-state index >= 15 is 0 Å². The zero-order chi connectivity index (χ0) is 24.4. The molecule has 5 heteroatoms. The van der Waals surface area contributed by atoms with E-state index in [0.29, 0.717) is 28.8 Å². The van der Waals surface area contributed by atoms with E-state index in [4.69, 9.17) is 21.1 Å². The molecule has 1 saturated carbocycles. The number of methoxy groups -OCH3 is 1. The maximum atomic E-state index is 12.9. The largest absolute Gasteiger partial charge is 0.469 e. The van der Waals surface area contributed by atoms with Crippen molar-refractivity contribution in [2.45, 2.75) is 79.2 Å². The Kier molecular flexibility index (Phi) is 7.99. The molecule has 0 saturated heterocycles. The van der Waals surface area contributed by atoms with E-state index < -0.39 is 0 Å². The van der Waals surface area contributed by atoms with Crippen LogP contribution >= 0.6 is 11.6 Å². The highest BCUT2D eigenvalue weighted by Gasteiger charge is 2.55. The van der Waals surface area contributed by atoms with E-state index in [1.807, 2.05) is 0 Å². The molecule has 4 nitrogen and oxygen atoms in total. The van der Waals surface area contributed by atoms with Gasteiger partial charge in [-0.15, -0.1) is 0 Å². The molecule has 33 heavy (non-hydrogen) atoms. The first-order valence-electron chi connectivity index (χ1n) is 12.2. The number of halogens is 1. The highest BCUT2D eigenvalue weighted by Crippen LogP contribution is 2.61. The number of esters is 2. The van der Waals surface area contributed by atoms with E-state index in [0.717, 1.165) is 32.1 Å². The summed E-state index contributed by atoms with van der Waals surface area (Å²) in [5, 5.41) is 0.606. The molecule has 0 heterocycles. The Morgan fingerprint density at radius 3 is 2.45 bits per heavy atom. The van der Waals surface area contributed by atoms with Crippen LogP contribution in [-0.2, 0) is 14.3 Å². The van der Waals surface area contributed by atoms with Gasteiger partial charge in [-0.25, -0.2) is 4.79 Å². The third-order valence-corrected chi connectivity index (χ3v) is 8.48. The molecule has 3 rings (SSSR count). The molecule has 2 aliphatic carbocycles. The number of fused-ring (bicyclic) bond motifs is 1. The molecule has 0 radical (unpaired) electrons. The van der Waals surface area contributed by atoms with Crippen molar-refractivity contribution in [1.29, 1.82) is 0 Å². The zero-order valence-corrected chi connectivity index (χ0v) is 21.7. The van der Waals surface area contributed by atoms with Crippen LogP contribution in [0.3, 0.4) is 0 Å². The summed E-state index contributed by atoms with van der Waals surface area (Å²) in [6.45, 7) is 11.4. The first-order valence-corrected chi connectivity index (χ1v) is 12.5. The average molecular weight is 475 g/mol. The summed E-state index contributed by atoms with van der Waals surface area (Å²) < 4.78 is 10.9. The Hall–Kier alpha value is -1.81. The van der Waals surface area contributed by atoms with Crippen LogP contribution in [0.1, 0.15) is 83.5 Å². The first-order chi connectivity index (χ1) is 15.5. The molecule has 5 atom stereocenters. The van der Waals surface area contributed by atoms with Gasteiger partial charge in [-0.3, -0.25) is 4.79 Å². The number of hydrogen-bond acceptors (Lipinski definition) is 4. The molecule has 0 aromatic heterocycles. The van der Waals surface area contributed by atoms with Crippen LogP contribution in [0, 0.1) is 28.6 Å². The SMILES string of the molecule is COC(=O)C[C@H](C)CC[C@@H]1C(C)=CC[C@@H]2C(C)(C)C[C@@H](OC(=O)c3ccc(Cl)cc3)C[C@@]12C. The lowest BCUT2D eigenvalue weighted by atomic mass is 9.47. The van der Waals surface area contributed by atoms with Gasteiger partial charge >= 0.3 is 11.9 Å². The summed E-state index contributed by atoms with van der Waals surface area (Å²) in [7, 11) is 1.45. The number of allylic oxidation sites excluding steroid dienone is 2. The highest BCUT2D eigenvalue weighted by atomic mass is 35.5. The summed E-state index contributed by atoms with van der Waals surface area (Å²) in [6, 6.07) is 6.90. The first kappa shape index (κ1) is 25.8. The number of carbonyl (C=O) groups is 2. The van der Waals surface area contributed by atoms with Crippen molar-refractivity contribution in [2.75, 3.05) is 7.11 Å². The minimum absolute atomic E-state index is 0.0382. The third kappa shape index (κ3) is 5.82. The van der Waals surface area contributed by atoms with E-state index in [-0.39, 0.29) is 34.8 Å². The average Bonchev–Trinajstić information content (AvgIpc) is 2.72. The van der Waals surface area contributed by atoms with E-state index in [1.165, 1.54) is 12.7 Å². The summed E-state index contributed by atoms with van der Waals surface area (Å²) in [5.41, 5.74) is 2.07. The standard InChI is InChI=1S/C28H39ClO4/c1-18(15-25(30)32-6)7-13-23-19(2)8-14-24-27(3,4)16-22(17-28(23,24)5)33-26(31)20-9-11-21(29)12-10-20/h8-12,18,22-24H,7,13-17H2,1-6H3/t18-,22-,23-,24-,28+/m1/s1. The zero-order valence-electron chi connectivity index (χ0n) is 20.9. The van der Waals surface area contributed by atoms with E-state index in [2.05, 4.69) is 40.7 Å². The lowest BCUT2D eigenvalue weighted by Crippen LogP contribution is -2.53. The molecular weight excluding hydrogens is 436 g/mol. The molecule has 0 spiro atoms. The predicted molar refractivity (Wildman–Crippen MR) is 132 cm³/mol. The number of hydrogen-bond donors (Lipinski definition) is 0. The van der Waals surface area contributed by atoms with Crippen LogP contribution in [0.2, 0.25) is 5.02 Å². The van der Waals surface area contributed by atoms with Gasteiger partial charge in [0.05, 0.1) is 12.7 Å². The molecule has 0 aliphatic heterocycles. The fourth-order valence-corrected chi connectivity index (χ4v) is 6.76. The fourth-order valence-electron chi connectivity index (χ4n) is 6.63. The second kappa shape index (κ2) is 10.2. The predicted octanol–water partition coefficient (Wildman–Crippen LogP) is 7.25. The van der Waals surface area contributed by atoms with Gasteiger partial charge in [0.15, 0.2) is 0 Å². The molecular formula is C28H39ClO4. The Morgan fingerprint density at radius 1 is 1.15 bits per heavy atom. The molecule has 1 aromatic carbocycles. The van der Waals surface area contributed by atoms with Crippen molar-refractivity contribution in [3.63, 3.8) is 0 Å². The van der Waals surface area contributed by atoms with Gasteiger partial charge in [0.1, 0.15) is 6.10 Å². The van der Waals surface area contributed by atoms with Crippen molar-refractivity contribution < 1.29 is 19.1 Å². The van der Waals surface area contributed by atoms with Crippen LogP contribution in [-0.4, -0.2) is 25.2 Å². The molecule has 0 unspecified atom stereocenters. The fraction of sp³-hybridized carbons (Fsp3) is 0.643. The van der Waals surface area contributed by atoms with Gasteiger partial charge in [-0.05, 0) is 91.9 Å². The molecule has 1 aromatic rings. The topological polar surface area (TPSA) is 52.6 Å². The lowest BCUT2D eigenvalue weighted by Gasteiger charge is -2.58. The van der Waals surface area contributed by atoms with Gasteiger partial charge in [0.2, 0.25) is 0 Å². The molecule has 0 N–H and O–H groups in total. The summed E-state index contributed by atoms with van der Waals surface area (Å²) >= 11 is 5.97. The Morgan fingerprint density at radius 2 is 1.82 bits per heavy atom. The number of carbonyl (C=O) groups excluding carboxylic acids is 2. The van der Waals surface area contributed by atoms with Gasteiger partial charge in [-0.2, -0.15) is 0 Å². The second-order valence-corrected chi connectivity index (χ2v) is 11.6. The Bertz CT molecular complexity index is 888. The monoisotopic (exact) mass is 474 g/mol. The Labute approximate surface area is 204 Å². The van der Waals surface area contributed by atoms with Gasteiger partial charge < -0.3 is 9.47 Å². The lowest BCUT2D eigenvalue weighted by molar-refractivity contribution is -0.141. The molecule has 0 bridgehead atoms. The summed E-state index contributed by atoms with van der Waals surface area (Å²) in [5.74, 6) is 0.799. The molecule has 1 fully saturated rings. The van der Waals surface area contributed by atoms with Gasteiger partial charge in [0.25, 0.3) is 0 Å². The van der Waals surface area contributed by atoms with E-state index in [1.54, 1.807) is 24.3 Å². The van der Waals surface area contributed by atoms with Crippen LogP contribution in [0.4, 0.5) is 0 Å². The normalized spacial score (nSPS) is 29.4. The van der Waals surface area contributed by atoms with Crippen LogP contribution in [0.15, 0.2) is 35.9 Å². The minimum Gasteiger partial charge on any atom is -0.469 e. The van der Waals surface area contributed by atoms with Crippen molar-refractivity contribution in [1.82, 2.24) is 0 Å². The van der Waals surface area contributed by atoms with Crippen LogP contribution in [0.5, 0.6) is 0 Å². The van der Waals surface area contributed by atoms with Crippen molar-refractivity contribution >= 4 is 23.5 Å². The van der Waals surface area contributed by atoms with Crippen LogP contribution in [0.25, 0.3) is 0 Å². The number of benzene rings is 1. The number of ether oxygens (including phenoxy) is 2. The quantitative estimate of drug-likeness (QED) is 0.308. The highest BCUT2D eigenvalue weighted by molar-refractivity contribution is 6.30. The maximum absolute atomic E-state index is 12.9. The smallest absolute Gasteiger partial charge is 0.338 e. The minimum atomic E-state index is -0.277. The second-order valence-electron chi connectivity index (χ2n) is 11.2. The molecule has 2 aliphatic rings. The van der Waals surface area contributed by atoms with Crippen LogP contribution < -0.4 is 0 Å². The summed E-state index contributed by atoms with van der Waals surface area (Å²) in [6.07, 6.45) is 7.56. The number of rotatable bonds is 7. The Balaban J connectivity index is 1.77. The molecule has 0 amide bonds.